The number of hydrogen-bond acceptors (Lipinski definition) is 3. The van der Waals surface area contributed by atoms with E-state index in [0.29, 0.717) is 12.0 Å². The van der Waals surface area contributed by atoms with Gasteiger partial charge in [-0.25, -0.2) is 0 Å². The minimum Gasteiger partial charge on any atom is -0.389 e. The van der Waals surface area contributed by atoms with Gasteiger partial charge in [-0.3, -0.25) is 0 Å². The highest BCUT2D eigenvalue weighted by molar-refractivity contribution is 5.23. The van der Waals surface area contributed by atoms with E-state index >= 15 is 0 Å². The molecule has 5 atom stereocenters. The van der Waals surface area contributed by atoms with Crippen molar-refractivity contribution < 1.29 is 14.9 Å². The molecule has 0 saturated carbocycles. The van der Waals surface area contributed by atoms with E-state index in [0.717, 1.165) is 0 Å². The molecule has 1 aromatic rings. The predicted octanol–water partition coefficient (Wildman–Crippen LogP) is 3.30. The van der Waals surface area contributed by atoms with Crippen LogP contribution in [0.15, 0.2) is 30.3 Å². The van der Waals surface area contributed by atoms with Gasteiger partial charge in [0.1, 0.15) is 0 Å². The first-order valence-electron chi connectivity index (χ1n) is 7.95. The van der Waals surface area contributed by atoms with Gasteiger partial charge in [-0.05, 0) is 12.3 Å². The third-order valence-corrected chi connectivity index (χ3v) is 5.34. The van der Waals surface area contributed by atoms with Gasteiger partial charge < -0.3 is 14.9 Å². The average molecular weight is 292 g/mol. The Bertz CT molecular complexity index is 473. The first kappa shape index (κ1) is 16.5. The largest absolute Gasteiger partial charge is 0.389 e. The molecule has 1 aliphatic heterocycles. The average Bonchev–Trinajstić information content (AvgIpc) is 2.49. The van der Waals surface area contributed by atoms with Crippen LogP contribution in [0.2, 0.25) is 0 Å². The first-order chi connectivity index (χ1) is 9.77. The van der Waals surface area contributed by atoms with Crippen LogP contribution in [0, 0.1) is 17.8 Å². The van der Waals surface area contributed by atoms with Crippen LogP contribution in [-0.2, 0) is 10.5 Å². The molecule has 0 spiro atoms. The minimum absolute atomic E-state index is 0.0264. The van der Waals surface area contributed by atoms with Gasteiger partial charge in [0.05, 0.1) is 11.7 Å². The number of ether oxygens (including phenoxy) is 1. The van der Waals surface area contributed by atoms with Crippen LogP contribution in [0.5, 0.6) is 0 Å². The van der Waals surface area contributed by atoms with Gasteiger partial charge in [0, 0.05) is 17.4 Å². The monoisotopic (exact) mass is 292 g/mol. The van der Waals surface area contributed by atoms with Gasteiger partial charge in [-0.15, -0.1) is 0 Å². The SMILES string of the molecule is CC[C@@]1(O)[C@H](C)[C@@H](C(C)C)O[C@@](O)(c2ccccc2)[C@@H]1C. The Morgan fingerprint density at radius 3 is 2.19 bits per heavy atom. The predicted molar refractivity (Wildman–Crippen MR) is 83.6 cm³/mol. The van der Waals surface area contributed by atoms with E-state index < -0.39 is 17.3 Å². The molecule has 0 bridgehead atoms. The quantitative estimate of drug-likeness (QED) is 0.898. The molecule has 1 aliphatic rings. The minimum atomic E-state index is -1.45. The molecule has 0 amide bonds. The van der Waals surface area contributed by atoms with Crippen molar-refractivity contribution in [3.05, 3.63) is 35.9 Å². The second-order valence-electron chi connectivity index (χ2n) is 6.74. The first-order valence-corrected chi connectivity index (χ1v) is 7.95. The van der Waals surface area contributed by atoms with Gasteiger partial charge in [-0.1, -0.05) is 65.0 Å². The van der Waals surface area contributed by atoms with Gasteiger partial charge in [0.2, 0.25) is 0 Å². The van der Waals surface area contributed by atoms with E-state index in [1.54, 1.807) is 0 Å². The van der Waals surface area contributed by atoms with Crippen molar-refractivity contribution in [2.24, 2.45) is 17.8 Å². The highest BCUT2D eigenvalue weighted by atomic mass is 16.6. The summed E-state index contributed by atoms with van der Waals surface area (Å²) in [6.07, 6.45) is 0.410. The summed E-state index contributed by atoms with van der Waals surface area (Å²) >= 11 is 0. The zero-order valence-corrected chi connectivity index (χ0v) is 13.7. The van der Waals surface area contributed by atoms with Crippen LogP contribution < -0.4 is 0 Å². The fourth-order valence-corrected chi connectivity index (χ4v) is 3.77. The lowest BCUT2D eigenvalue weighted by Gasteiger charge is -2.55. The Kier molecular flexibility index (Phi) is 4.48. The van der Waals surface area contributed by atoms with Crippen molar-refractivity contribution in [3.63, 3.8) is 0 Å². The maximum absolute atomic E-state index is 11.2. The van der Waals surface area contributed by atoms with Gasteiger partial charge in [0.15, 0.2) is 5.79 Å². The van der Waals surface area contributed by atoms with Crippen LogP contribution >= 0.6 is 0 Å². The Hall–Kier alpha value is -0.900. The zero-order chi connectivity index (χ0) is 15.8. The lowest BCUT2D eigenvalue weighted by Crippen LogP contribution is -2.63. The van der Waals surface area contributed by atoms with Crippen LogP contribution in [-0.4, -0.2) is 21.9 Å². The highest BCUT2D eigenvalue weighted by Crippen LogP contribution is 2.50. The normalized spacial score (nSPS) is 40.5. The summed E-state index contributed by atoms with van der Waals surface area (Å²) in [4.78, 5) is 0. The van der Waals surface area contributed by atoms with Gasteiger partial charge in [0.25, 0.3) is 0 Å². The van der Waals surface area contributed by atoms with Crippen molar-refractivity contribution >= 4 is 0 Å². The Labute approximate surface area is 128 Å². The molecule has 0 aromatic heterocycles. The molecule has 3 nitrogen and oxygen atoms in total. The second kappa shape index (κ2) is 5.71. The molecule has 21 heavy (non-hydrogen) atoms. The number of aliphatic hydroxyl groups is 2. The molecule has 3 heteroatoms. The van der Waals surface area contributed by atoms with Crippen LogP contribution in [0.3, 0.4) is 0 Å². The molecule has 2 rings (SSSR count). The summed E-state index contributed by atoms with van der Waals surface area (Å²) in [5, 5.41) is 22.4. The zero-order valence-electron chi connectivity index (χ0n) is 13.7. The van der Waals surface area contributed by atoms with E-state index in [9.17, 15) is 10.2 Å². The van der Waals surface area contributed by atoms with E-state index in [1.165, 1.54) is 0 Å². The molecule has 1 heterocycles. The standard InChI is InChI=1S/C18H28O3/c1-6-17(19)13(4)16(12(2)3)21-18(20,14(17)5)15-10-8-7-9-11-15/h7-14,16,19-20H,6H2,1-5H3/t13-,14-,16-,17-,18-/m1/s1. The Morgan fingerprint density at radius 1 is 1.14 bits per heavy atom. The maximum Gasteiger partial charge on any atom is 0.198 e. The Morgan fingerprint density at radius 2 is 1.71 bits per heavy atom. The van der Waals surface area contributed by atoms with E-state index in [2.05, 4.69) is 13.8 Å². The lowest BCUT2D eigenvalue weighted by molar-refractivity contribution is -0.358. The molecular formula is C18H28O3. The summed E-state index contributed by atoms with van der Waals surface area (Å²) in [7, 11) is 0. The molecule has 0 radical (unpaired) electrons. The molecule has 0 unspecified atom stereocenters. The van der Waals surface area contributed by atoms with Crippen LogP contribution in [0.25, 0.3) is 0 Å². The molecule has 1 aromatic carbocycles. The van der Waals surface area contributed by atoms with E-state index in [4.69, 9.17) is 4.74 Å². The van der Waals surface area contributed by atoms with Gasteiger partial charge >= 0.3 is 0 Å². The highest BCUT2D eigenvalue weighted by Gasteiger charge is 2.58. The molecule has 1 fully saturated rings. The molecule has 2 N–H and O–H groups in total. The summed E-state index contributed by atoms with van der Waals surface area (Å²) in [5.74, 6) is -1.65. The van der Waals surface area contributed by atoms with Crippen LogP contribution in [0.1, 0.15) is 46.6 Å². The van der Waals surface area contributed by atoms with Gasteiger partial charge in [-0.2, -0.15) is 0 Å². The van der Waals surface area contributed by atoms with E-state index in [1.807, 2.05) is 51.1 Å². The smallest absolute Gasteiger partial charge is 0.198 e. The van der Waals surface area contributed by atoms with Crippen molar-refractivity contribution in [2.45, 2.75) is 58.5 Å². The van der Waals surface area contributed by atoms with Crippen molar-refractivity contribution in [1.29, 1.82) is 0 Å². The fourth-order valence-electron chi connectivity index (χ4n) is 3.77. The molecule has 118 valence electrons. The van der Waals surface area contributed by atoms with Crippen molar-refractivity contribution in [2.75, 3.05) is 0 Å². The summed E-state index contributed by atoms with van der Waals surface area (Å²) in [6.45, 7) is 10.0. The number of hydrogen-bond donors (Lipinski definition) is 2. The number of benzene rings is 1. The third kappa shape index (κ3) is 2.52. The number of rotatable bonds is 3. The maximum atomic E-state index is 11.2. The topological polar surface area (TPSA) is 49.7 Å². The second-order valence-corrected chi connectivity index (χ2v) is 6.74. The van der Waals surface area contributed by atoms with Crippen molar-refractivity contribution in [3.8, 4) is 0 Å². The third-order valence-electron chi connectivity index (χ3n) is 5.34. The lowest BCUT2D eigenvalue weighted by atomic mass is 9.65. The molecule has 0 aliphatic carbocycles. The van der Waals surface area contributed by atoms with E-state index in [-0.39, 0.29) is 17.9 Å². The summed E-state index contributed by atoms with van der Waals surface area (Å²) < 4.78 is 6.14. The van der Waals surface area contributed by atoms with Crippen molar-refractivity contribution in [1.82, 2.24) is 0 Å². The fraction of sp³-hybridized carbons (Fsp3) is 0.667. The summed E-state index contributed by atoms with van der Waals surface area (Å²) in [6, 6.07) is 9.41. The molecular weight excluding hydrogens is 264 g/mol. The van der Waals surface area contributed by atoms with Crippen LogP contribution in [0.4, 0.5) is 0 Å². The summed E-state index contributed by atoms with van der Waals surface area (Å²) in [5.41, 5.74) is -0.237. The Balaban J connectivity index is 2.51. The molecule has 1 saturated heterocycles.